The molecule has 116 valence electrons. The molecule has 0 spiro atoms. The average Bonchev–Trinajstić information content (AvgIpc) is 2.97. The molecule has 0 bridgehead atoms. The van der Waals surface area contributed by atoms with E-state index in [1.54, 1.807) is 18.4 Å². The molecular weight excluding hydrogens is 294 g/mol. The Kier molecular flexibility index (Phi) is 3.93. The Morgan fingerprint density at radius 3 is 2.68 bits per heavy atom. The molecule has 0 unspecified atom stereocenters. The molecule has 0 saturated carbocycles. The van der Waals surface area contributed by atoms with Crippen molar-refractivity contribution < 1.29 is 4.74 Å². The summed E-state index contributed by atoms with van der Waals surface area (Å²) in [4.78, 5) is 7.21. The van der Waals surface area contributed by atoms with Crippen molar-refractivity contribution in [1.29, 1.82) is 0 Å². The van der Waals surface area contributed by atoms with E-state index in [2.05, 4.69) is 37.3 Å². The van der Waals surface area contributed by atoms with Crippen LogP contribution in [0.25, 0.3) is 16.2 Å². The highest BCUT2D eigenvalue weighted by Crippen LogP contribution is 2.32. The first-order valence-corrected chi connectivity index (χ1v) is 8.20. The predicted octanol–water partition coefficient (Wildman–Crippen LogP) is 3.50. The van der Waals surface area contributed by atoms with Gasteiger partial charge in [0.2, 0.25) is 0 Å². The highest BCUT2D eigenvalue weighted by molar-refractivity contribution is 7.17. The number of benzene rings is 1. The number of aryl methyl sites for hydroxylation is 3. The van der Waals surface area contributed by atoms with Crippen molar-refractivity contribution in [2.75, 3.05) is 13.7 Å². The summed E-state index contributed by atoms with van der Waals surface area (Å²) in [7, 11) is 1.70. The number of hydrogen-bond acceptors (Lipinski definition) is 4. The minimum Gasteiger partial charge on any atom is -0.496 e. The van der Waals surface area contributed by atoms with Crippen LogP contribution in [0.3, 0.4) is 0 Å². The topological polar surface area (TPSA) is 52.5 Å². The van der Waals surface area contributed by atoms with Gasteiger partial charge in [-0.1, -0.05) is 0 Å². The first-order valence-electron chi connectivity index (χ1n) is 7.39. The van der Waals surface area contributed by atoms with Crippen molar-refractivity contribution in [2.24, 2.45) is 5.73 Å². The van der Waals surface area contributed by atoms with Crippen LogP contribution in [0.4, 0.5) is 0 Å². The number of hydrogen-bond donors (Lipinski definition) is 1. The number of ether oxygens (including phenoxy) is 1. The fourth-order valence-electron chi connectivity index (χ4n) is 2.84. The number of nitrogens with zero attached hydrogens (tertiary/aromatic N) is 2. The lowest BCUT2D eigenvalue weighted by atomic mass is 10.1. The SMILES string of the molecule is COc1ccc(-c2nc3sc(C)c(C)n3c2CCN)cc1C. The van der Waals surface area contributed by atoms with Crippen molar-refractivity contribution >= 4 is 16.3 Å². The zero-order chi connectivity index (χ0) is 15.9. The molecule has 0 radical (unpaired) electrons. The van der Waals surface area contributed by atoms with Crippen LogP contribution in [0.15, 0.2) is 18.2 Å². The van der Waals surface area contributed by atoms with Gasteiger partial charge in [-0.15, -0.1) is 11.3 Å². The largest absolute Gasteiger partial charge is 0.496 e. The zero-order valence-corrected chi connectivity index (χ0v) is 14.3. The molecule has 0 aliphatic heterocycles. The maximum absolute atomic E-state index is 5.83. The van der Waals surface area contributed by atoms with Crippen LogP contribution in [0.1, 0.15) is 21.8 Å². The van der Waals surface area contributed by atoms with Crippen molar-refractivity contribution in [3.8, 4) is 17.0 Å². The minimum atomic E-state index is 0.615. The number of nitrogens with two attached hydrogens (primary N) is 1. The molecule has 2 aromatic heterocycles. The second-order valence-corrected chi connectivity index (χ2v) is 6.67. The average molecular weight is 315 g/mol. The van der Waals surface area contributed by atoms with Crippen molar-refractivity contribution in [3.05, 3.63) is 40.0 Å². The maximum atomic E-state index is 5.83. The van der Waals surface area contributed by atoms with Gasteiger partial charge in [0.25, 0.3) is 0 Å². The van der Waals surface area contributed by atoms with Crippen LogP contribution in [0.5, 0.6) is 5.75 Å². The first kappa shape index (κ1) is 15.1. The number of imidazole rings is 1. The van der Waals surface area contributed by atoms with E-state index in [-0.39, 0.29) is 0 Å². The molecule has 3 rings (SSSR count). The number of rotatable bonds is 4. The Morgan fingerprint density at radius 2 is 2.05 bits per heavy atom. The zero-order valence-electron chi connectivity index (χ0n) is 13.4. The van der Waals surface area contributed by atoms with Gasteiger partial charge in [-0.05, 0) is 51.1 Å². The summed E-state index contributed by atoms with van der Waals surface area (Å²) >= 11 is 1.73. The van der Waals surface area contributed by atoms with Crippen LogP contribution in [-0.2, 0) is 6.42 Å². The van der Waals surface area contributed by atoms with E-state index in [9.17, 15) is 0 Å². The van der Waals surface area contributed by atoms with Gasteiger partial charge in [0.05, 0.1) is 18.5 Å². The fraction of sp³-hybridized carbons (Fsp3) is 0.353. The van der Waals surface area contributed by atoms with E-state index < -0.39 is 0 Å². The van der Waals surface area contributed by atoms with Gasteiger partial charge >= 0.3 is 0 Å². The molecule has 5 heteroatoms. The van der Waals surface area contributed by atoms with Crippen LogP contribution in [0.2, 0.25) is 0 Å². The van der Waals surface area contributed by atoms with Crippen molar-refractivity contribution in [2.45, 2.75) is 27.2 Å². The van der Waals surface area contributed by atoms with E-state index >= 15 is 0 Å². The number of thiazole rings is 1. The summed E-state index contributed by atoms with van der Waals surface area (Å²) in [6, 6.07) is 6.20. The minimum absolute atomic E-state index is 0.615. The highest BCUT2D eigenvalue weighted by Gasteiger charge is 2.18. The lowest BCUT2D eigenvalue weighted by Gasteiger charge is -2.08. The molecule has 0 amide bonds. The van der Waals surface area contributed by atoms with Crippen LogP contribution >= 0.6 is 11.3 Å². The van der Waals surface area contributed by atoms with Gasteiger partial charge in [0, 0.05) is 22.6 Å². The molecule has 1 aromatic carbocycles. The Morgan fingerprint density at radius 1 is 1.27 bits per heavy atom. The number of aromatic nitrogens is 2. The van der Waals surface area contributed by atoms with Gasteiger partial charge in [0.15, 0.2) is 4.96 Å². The third-order valence-electron chi connectivity index (χ3n) is 4.08. The second-order valence-electron chi connectivity index (χ2n) is 5.49. The number of fused-ring (bicyclic) bond motifs is 1. The summed E-state index contributed by atoms with van der Waals surface area (Å²) in [5.41, 5.74) is 11.6. The summed E-state index contributed by atoms with van der Waals surface area (Å²) < 4.78 is 7.60. The summed E-state index contributed by atoms with van der Waals surface area (Å²) in [5, 5.41) is 0. The Labute approximate surface area is 134 Å². The first-order chi connectivity index (χ1) is 10.6. The summed E-state index contributed by atoms with van der Waals surface area (Å²) in [6.07, 6.45) is 0.818. The Bertz CT molecular complexity index is 832. The molecular formula is C17H21N3OS. The normalized spacial score (nSPS) is 11.3. The predicted molar refractivity (Wildman–Crippen MR) is 92.0 cm³/mol. The highest BCUT2D eigenvalue weighted by atomic mass is 32.1. The monoisotopic (exact) mass is 315 g/mol. The van der Waals surface area contributed by atoms with Gasteiger partial charge in [-0.2, -0.15) is 0 Å². The molecule has 0 atom stereocenters. The van der Waals surface area contributed by atoms with E-state index in [0.29, 0.717) is 6.54 Å². The van der Waals surface area contributed by atoms with Crippen molar-refractivity contribution in [1.82, 2.24) is 9.38 Å². The van der Waals surface area contributed by atoms with Crippen LogP contribution < -0.4 is 10.5 Å². The molecule has 2 N–H and O–H groups in total. The van der Waals surface area contributed by atoms with Gasteiger partial charge in [-0.3, -0.25) is 4.40 Å². The van der Waals surface area contributed by atoms with E-state index in [0.717, 1.165) is 34.0 Å². The molecule has 4 nitrogen and oxygen atoms in total. The third kappa shape index (κ3) is 2.30. The van der Waals surface area contributed by atoms with Crippen LogP contribution in [0, 0.1) is 20.8 Å². The Balaban J connectivity index is 2.21. The quantitative estimate of drug-likeness (QED) is 0.801. The molecule has 3 aromatic rings. The van der Waals surface area contributed by atoms with Gasteiger partial charge in [0.1, 0.15) is 5.75 Å². The molecule has 22 heavy (non-hydrogen) atoms. The standard InChI is InChI=1S/C17H21N3OS/c1-10-9-13(5-6-15(10)21-4)16-14(7-8-18)20-11(2)12(3)22-17(20)19-16/h5-6,9H,7-8,18H2,1-4H3. The second kappa shape index (κ2) is 5.74. The summed E-state index contributed by atoms with van der Waals surface area (Å²) in [5.74, 6) is 0.900. The van der Waals surface area contributed by atoms with Gasteiger partial charge in [-0.25, -0.2) is 4.98 Å². The van der Waals surface area contributed by atoms with Crippen molar-refractivity contribution in [3.63, 3.8) is 0 Å². The smallest absolute Gasteiger partial charge is 0.194 e. The lowest BCUT2D eigenvalue weighted by molar-refractivity contribution is 0.412. The lowest BCUT2D eigenvalue weighted by Crippen LogP contribution is -2.07. The maximum Gasteiger partial charge on any atom is 0.194 e. The van der Waals surface area contributed by atoms with Crippen LogP contribution in [-0.4, -0.2) is 23.0 Å². The summed E-state index contributed by atoms with van der Waals surface area (Å²) in [6.45, 7) is 6.95. The van der Waals surface area contributed by atoms with E-state index in [4.69, 9.17) is 15.5 Å². The molecule has 0 aliphatic rings. The molecule has 0 fully saturated rings. The van der Waals surface area contributed by atoms with E-state index in [1.807, 2.05) is 6.07 Å². The Hall–Kier alpha value is -1.85. The number of methoxy groups -OCH3 is 1. The van der Waals surface area contributed by atoms with Gasteiger partial charge < -0.3 is 10.5 Å². The van der Waals surface area contributed by atoms with E-state index in [1.165, 1.54) is 16.3 Å². The fourth-order valence-corrected chi connectivity index (χ4v) is 3.83. The molecule has 0 aliphatic carbocycles. The molecule has 2 heterocycles. The molecule has 0 saturated heterocycles. The third-order valence-corrected chi connectivity index (χ3v) is 5.14.